The zero-order chi connectivity index (χ0) is 13.2. The highest BCUT2D eigenvalue weighted by molar-refractivity contribution is 5.38. The van der Waals surface area contributed by atoms with Crippen LogP contribution >= 0.6 is 0 Å². The van der Waals surface area contributed by atoms with Crippen LogP contribution in [0.3, 0.4) is 0 Å². The van der Waals surface area contributed by atoms with Crippen LogP contribution in [-0.4, -0.2) is 4.98 Å². The average Bonchev–Trinajstić information content (AvgIpc) is 2.81. The minimum absolute atomic E-state index is 0.161. The highest BCUT2D eigenvalue weighted by Crippen LogP contribution is 2.28. The summed E-state index contributed by atoms with van der Waals surface area (Å²) < 4.78 is 42.6. The van der Waals surface area contributed by atoms with Crippen LogP contribution in [0, 0.1) is 0 Å². The van der Waals surface area contributed by atoms with Crippen LogP contribution in [0.4, 0.5) is 19.0 Å². The Morgan fingerprint density at radius 3 is 2.61 bits per heavy atom. The fourth-order valence-corrected chi connectivity index (χ4v) is 1.50. The Kier molecular flexibility index (Phi) is 3.27. The maximum absolute atomic E-state index is 12.5. The van der Waals surface area contributed by atoms with Gasteiger partial charge in [0.2, 0.25) is 0 Å². The molecule has 0 amide bonds. The van der Waals surface area contributed by atoms with E-state index in [1.807, 2.05) is 0 Å². The Bertz CT molecular complexity index is 508. The molecule has 0 aliphatic heterocycles. The summed E-state index contributed by atoms with van der Waals surface area (Å²) in [6.45, 7) is 1.78. The molecule has 96 valence electrons. The molecule has 0 radical (unpaired) electrons. The van der Waals surface area contributed by atoms with Gasteiger partial charge < -0.3 is 9.73 Å². The van der Waals surface area contributed by atoms with E-state index in [0.29, 0.717) is 5.76 Å². The first-order valence-corrected chi connectivity index (χ1v) is 5.31. The molecule has 1 atom stereocenters. The summed E-state index contributed by atoms with van der Waals surface area (Å²) in [4.78, 5) is 3.52. The monoisotopic (exact) mass is 256 g/mol. The molecule has 0 aliphatic rings. The molecule has 0 saturated heterocycles. The largest absolute Gasteiger partial charge is 0.467 e. The fourth-order valence-electron chi connectivity index (χ4n) is 1.50. The van der Waals surface area contributed by atoms with Gasteiger partial charge in [-0.25, -0.2) is 4.98 Å². The van der Waals surface area contributed by atoms with Crippen molar-refractivity contribution in [1.82, 2.24) is 4.98 Å². The lowest BCUT2D eigenvalue weighted by atomic mass is 10.2. The Morgan fingerprint density at radius 2 is 2.00 bits per heavy atom. The van der Waals surface area contributed by atoms with Crippen LogP contribution in [0.2, 0.25) is 0 Å². The molecule has 1 N–H and O–H groups in total. The number of nitrogens with zero attached hydrogens (tertiary/aromatic N) is 1. The van der Waals surface area contributed by atoms with Crippen LogP contribution in [-0.2, 0) is 6.18 Å². The molecule has 1 unspecified atom stereocenters. The molecule has 2 aromatic heterocycles. The molecule has 0 fully saturated rings. The minimum Gasteiger partial charge on any atom is -0.467 e. The summed E-state index contributed by atoms with van der Waals surface area (Å²) in [5, 5.41) is 2.85. The predicted molar refractivity (Wildman–Crippen MR) is 60.0 cm³/mol. The molecule has 18 heavy (non-hydrogen) atoms. The zero-order valence-electron chi connectivity index (χ0n) is 9.53. The van der Waals surface area contributed by atoms with Gasteiger partial charge in [-0.1, -0.05) is 6.07 Å². The molecular weight excluding hydrogens is 245 g/mol. The van der Waals surface area contributed by atoms with Crippen molar-refractivity contribution in [3.63, 3.8) is 0 Å². The fraction of sp³-hybridized carbons (Fsp3) is 0.250. The summed E-state index contributed by atoms with van der Waals surface area (Å²) in [5.41, 5.74) is -0.917. The Hall–Kier alpha value is -1.98. The lowest BCUT2D eigenvalue weighted by molar-refractivity contribution is -0.141. The SMILES string of the molecule is CC(Nc1cccc(C(F)(F)F)n1)c1ccco1. The number of hydrogen-bond acceptors (Lipinski definition) is 3. The van der Waals surface area contributed by atoms with E-state index in [4.69, 9.17) is 4.42 Å². The summed E-state index contributed by atoms with van der Waals surface area (Å²) in [5.74, 6) is 0.794. The number of aromatic nitrogens is 1. The number of furan rings is 1. The van der Waals surface area contributed by atoms with Gasteiger partial charge in [0.25, 0.3) is 0 Å². The minimum atomic E-state index is -4.44. The van der Waals surface area contributed by atoms with Gasteiger partial charge in [0.1, 0.15) is 17.3 Å². The standard InChI is InChI=1S/C12H11F3N2O/c1-8(9-4-3-7-18-9)16-11-6-2-5-10(17-11)12(13,14)15/h2-8H,1H3,(H,16,17). The van der Waals surface area contributed by atoms with Crippen LogP contribution in [0.25, 0.3) is 0 Å². The third kappa shape index (κ3) is 2.82. The van der Waals surface area contributed by atoms with E-state index < -0.39 is 11.9 Å². The molecule has 3 nitrogen and oxygen atoms in total. The second kappa shape index (κ2) is 4.72. The molecule has 2 heterocycles. The van der Waals surface area contributed by atoms with Gasteiger partial charge >= 0.3 is 6.18 Å². The molecule has 2 aromatic rings. The predicted octanol–water partition coefficient (Wildman–Crippen LogP) is 3.87. The number of hydrogen-bond donors (Lipinski definition) is 1. The second-order valence-corrected chi connectivity index (χ2v) is 3.79. The van der Waals surface area contributed by atoms with E-state index in [0.717, 1.165) is 6.07 Å². The number of halogens is 3. The average molecular weight is 256 g/mol. The van der Waals surface area contributed by atoms with Crippen molar-refractivity contribution in [2.24, 2.45) is 0 Å². The quantitative estimate of drug-likeness (QED) is 0.905. The number of nitrogens with one attached hydrogen (secondary N) is 1. The van der Waals surface area contributed by atoms with E-state index in [9.17, 15) is 13.2 Å². The van der Waals surface area contributed by atoms with Gasteiger partial charge in [0, 0.05) is 0 Å². The molecule has 0 spiro atoms. The van der Waals surface area contributed by atoms with E-state index >= 15 is 0 Å². The molecule has 6 heteroatoms. The molecule has 0 aliphatic carbocycles. The first kappa shape index (κ1) is 12.5. The van der Waals surface area contributed by atoms with Gasteiger partial charge in [-0.15, -0.1) is 0 Å². The van der Waals surface area contributed by atoms with Crippen molar-refractivity contribution in [2.75, 3.05) is 5.32 Å². The second-order valence-electron chi connectivity index (χ2n) is 3.79. The maximum atomic E-state index is 12.5. The first-order chi connectivity index (χ1) is 8.47. The third-order valence-corrected chi connectivity index (χ3v) is 2.37. The lowest BCUT2D eigenvalue weighted by Crippen LogP contribution is -2.12. The van der Waals surface area contributed by atoms with Gasteiger partial charge in [0.05, 0.1) is 12.3 Å². The summed E-state index contributed by atoms with van der Waals surface area (Å²) in [6, 6.07) is 6.93. The highest BCUT2D eigenvalue weighted by Gasteiger charge is 2.32. The summed E-state index contributed by atoms with van der Waals surface area (Å²) >= 11 is 0. The molecule has 2 rings (SSSR count). The smallest absolute Gasteiger partial charge is 0.433 e. The third-order valence-electron chi connectivity index (χ3n) is 2.37. The number of alkyl halides is 3. The maximum Gasteiger partial charge on any atom is 0.433 e. The Morgan fingerprint density at radius 1 is 1.22 bits per heavy atom. The van der Waals surface area contributed by atoms with Gasteiger partial charge in [-0.05, 0) is 31.2 Å². The van der Waals surface area contributed by atoms with E-state index in [2.05, 4.69) is 10.3 Å². The zero-order valence-corrected chi connectivity index (χ0v) is 9.53. The van der Waals surface area contributed by atoms with Crippen LogP contribution in [0.5, 0.6) is 0 Å². The van der Waals surface area contributed by atoms with Crippen molar-refractivity contribution in [3.8, 4) is 0 Å². The van der Waals surface area contributed by atoms with E-state index in [1.54, 1.807) is 19.1 Å². The van der Waals surface area contributed by atoms with Gasteiger partial charge in [-0.2, -0.15) is 13.2 Å². The molecule has 0 bridgehead atoms. The topological polar surface area (TPSA) is 38.1 Å². The van der Waals surface area contributed by atoms with Crippen molar-refractivity contribution in [1.29, 1.82) is 0 Å². The van der Waals surface area contributed by atoms with Gasteiger partial charge in [-0.3, -0.25) is 0 Å². The van der Waals surface area contributed by atoms with Crippen molar-refractivity contribution in [2.45, 2.75) is 19.1 Å². The molecular formula is C12H11F3N2O. The van der Waals surface area contributed by atoms with Crippen LogP contribution < -0.4 is 5.32 Å². The van der Waals surface area contributed by atoms with Crippen molar-refractivity contribution < 1.29 is 17.6 Å². The summed E-state index contributed by atoms with van der Waals surface area (Å²) in [6.07, 6.45) is -2.93. The van der Waals surface area contributed by atoms with Crippen LogP contribution in [0.1, 0.15) is 24.4 Å². The number of rotatable bonds is 3. The highest BCUT2D eigenvalue weighted by atomic mass is 19.4. The lowest BCUT2D eigenvalue weighted by Gasteiger charge is -2.13. The van der Waals surface area contributed by atoms with Crippen molar-refractivity contribution in [3.05, 3.63) is 48.0 Å². The van der Waals surface area contributed by atoms with E-state index in [1.165, 1.54) is 18.4 Å². The Balaban J connectivity index is 2.15. The first-order valence-electron chi connectivity index (χ1n) is 5.31. The number of anilines is 1. The summed E-state index contributed by atoms with van der Waals surface area (Å²) in [7, 11) is 0. The van der Waals surface area contributed by atoms with Crippen molar-refractivity contribution >= 4 is 5.82 Å². The van der Waals surface area contributed by atoms with Crippen LogP contribution in [0.15, 0.2) is 41.0 Å². The number of pyridine rings is 1. The molecule has 0 saturated carbocycles. The Labute approximate surface area is 102 Å². The molecule has 0 aromatic carbocycles. The van der Waals surface area contributed by atoms with E-state index in [-0.39, 0.29) is 11.9 Å². The van der Waals surface area contributed by atoms with Gasteiger partial charge in [0.15, 0.2) is 0 Å². The normalized spacial score (nSPS) is 13.3.